The summed E-state index contributed by atoms with van der Waals surface area (Å²) in [5.74, 6) is 3.86. The van der Waals surface area contributed by atoms with Crippen LogP contribution in [0.4, 0.5) is 17.3 Å². The van der Waals surface area contributed by atoms with Crippen LogP contribution in [0.15, 0.2) is 60.7 Å². The third kappa shape index (κ3) is 6.27. The first-order chi connectivity index (χ1) is 13.6. The molecular formula is C23H28N4O. The van der Waals surface area contributed by atoms with Crippen molar-refractivity contribution >= 4 is 17.3 Å². The second kappa shape index (κ2) is 9.74. The summed E-state index contributed by atoms with van der Waals surface area (Å²) in [4.78, 5) is 8.93. The third-order valence-corrected chi connectivity index (χ3v) is 4.24. The summed E-state index contributed by atoms with van der Waals surface area (Å²) in [5, 5.41) is 6.71. The van der Waals surface area contributed by atoms with Crippen LogP contribution in [0.1, 0.15) is 31.7 Å². The fourth-order valence-electron chi connectivity index (χ4n) is 2.73. The molecule has 0 amide bonds. The number of nitrogens with one attached hydrogen (secondary N) is 2. The zero-order chi connectivity index (χ0) is 19.8. The summed E-state index contributed by atoms with van der Waals surface area (Å²) in [6.07, 6.45) is 1.11. The molecule has 2 N–H and O–H groups in total. The van der Waals surface area contributed by atoms with Gasteiger partial charge in [-0.15, -0.1) is 0 Å². The largest absolute Gasteiger partial charge is 0.489 e. The van der Waals surface area contributed by atoms with Gasteiger partial charge in [-0.05, 0) is 49.1 Å². The zero-order valence-electron chi connectivity index (χ0n) is 16.8. The summed E-state index contributed by atoms with van der Waals surface area (Å²) < 4.78 is 5.84. The van der Waals surface area contributed by atoms with Gasteiger partial charge in [-0.2, -0.15) is 0 Å². The van der Waals surface area contributed by atoms with Crippen LogP contribution in [0.3, 0.4) is 0 Å². The van der Waals surface area contributed by atoms with Crippen LogP contribution in [-0.4, -0.2) is 16.5 Å². The van der Waals surface area contributed by atoms with Gasteiger partial charge in [-0.1, -0.05) is 44.2 Å². The van der Waals surface area contributed by atoms with Crippen molar-refractivity contribution in [3.8, 4) is 5.75 Å². The van der Waals surface area contributed by atoms with E-state index in [2.05, 4.69) is 46.6 Å². The van der Waals surface area contributed by atoms with Crippen molar-refractivity contribution in [3.05, 3.63) is 72.1 Å². The number of aromatic nitrogens is 2. The van der Waals surface area contributed by atoms with Gasteiger partial charge < -0.3 is 15.4 Å². The fraction of sp³-hybridized carbons (Fsp3) is 0.304. The van der Waals surface area contributed by atoms with E-state index in [4.69, 9.17) is 4.74 Å². The second-order valence-corrected chi connectivity index (χ2v) is 7.22. The minimum Gasteiger partial charge on any atom is -0.489 e. The number of hydrogen-bond donors (Lipinski definition) is 2. The number of nitrogens with zero attached hydrogens (tertiary/aromatic N) is 2. The highest BCUT2D eigenvalue weighted by molar-refractivity contribution is 5.60. The van der Waals surface area contributed by atoms with E-state index in [9.17, 15) is 0 Å². The van der Waals surface area contributed by atoms with Crippen molar-refractivity contribution in [1.29, 1.82) is 0 Å². The topological polar surface area (TPSA) is 59.1 Å². The van der Waals surface area contributed by atoms with E-state index in [0.717, 1.165) is 47.4 Å². The molecule has 2 aromatic carbocycles. The Kier molecular flexibility index (Phi) is 6.84. The molecule has 0 radical (unpaired) electrons. The zero-order valence-corrected chi connectivity index (χ0v) is 16.8. The molecule has 146 valence electrons. The Morgan fingerprint density at radius 3 is 2.36 bits per heavy atom. The van der Waals surface area contributed by atoms with Crippen molar-refractivity contribution in [2.24, 2.45) is 5.92 Å². The molecule has 0 atom stereocenters. The summed E-state index contributed by atoms with van der Waals surface area (Å²) in [7, 11) is 0. The Hall–Kier alpha value is -3.08. The van der Waals surface area contributed by atoms with Gasteiger partial charge in [0.15, 0.2) is 0 Å². The van der Waals surface area contributed by atoms with Crippen LogP contribution in [0.25, 0.3) is 0 Å². The molecule has 0 fully saturated rings. The van der Waals surface area contributed by atoms with E-state index >= 15 is 0 Å². The van der Waals surface area contributed by atoms with Crippen LogP contribution in [0.5, 0.6) is 5.75 Å². The van der Waals surface area contributed by atoms with Gasteiger partial charge in [-0.25, -0.2) is 9.97 Å². The van der Waals surface area contributed by atoms with E-state index in [1.807, 2.05) is 55.5 Å². The van der Waals surface area contributed by atoms with Gasteiger partial charge in [0.25, 0.3) is 0 Å². The predicted octanol–water partition coefficient (Wildman–Crippen LogP) is 5.57. The standard InChI is InChI=1S/C23H28N4O/c1-17(2)13-14-24-22-15-23(26-18(3)25-22)27-20-9-11-21(12-10-20)28-16-19-7-5-4-6-8-19/h4-12,15,17H,13-14,16H2,1-3H3,(H2,24,25,26,27). The average molecular weight is 377 g/mol. The lowest BCUT2D eigenvalue weighted by molar-refractivity contribution is 0.306. The highest BCUT2D eigenvalue weighted by atomic mass is 16.5. The lowest BCUT2D eigenvalue weighted by Crippen LogP contribution is -2.08. The summed E-state index contributed by atoms with van der Waals surface area (Å²) >= 11 is 0. The molecule has 5 heteroatoms. The molecule has 0 saturated heterocycles. The molecule has 0 aliphatic rings. The molecule has 1 heterocycles. The predicted molar refractivity (Wildman–Crippen MR) is 115 cm³/mol. The second-order valence-electron chi connectivity index (χ2n) is 7.22. The molecule has 0 bridgehead atoms. The normalized spacial score (nSPS) is 10.7. The van der Waals surface area contributed by atoms with Crippen molar-refractivity contribution < 1.29 is 4.74 Å². The number of benzene rings is 2. The lowest BCUT2D eigenvalue weighted by atomic mass is 10.1. The van der Waals surface area contributed by atoms with Crippen molar-refractivity contribution in [2.45, 2.75) is 33.8 Å². The summed E-state index contributed by atoms with van der Waals surface area (Å²) in [6.45, 7) is 7.80. The van der Waals surface area contributed by atoms with E-state index in [1.54, 1.807) is 0 Å². The van der Waals surface area contributed by atoms with Crippen molar-refractivity contribution in [3.63, 3.8) is 0 Å². The van der Waals surface area contributed by atoms with Crippen LogP contribution in [0, 0.1) is 12.8 Å². The first-order valence-electron chi connectivity index (χ1n) is 9.72. The molecule has 0 spiro atoms. The van der Waals surface area contributed by atoms with Gasteiger partial charge in [0, 0.05) is 18.3 Å². The lowest BCUT2D eigenvalue weighted by Gasteiger charge is -2.12. The van der Waals surface area contributed by atoms with Crippen molar-refractivity contribution in [2.75, 3.05) is 17.2 Å². The van der Waals surface area contributed by atoms with Gasteiger partial charge in [0.05, 0.1) is 0 Å². The Morgan fingerprint density at radius 1 is 0.929 bits per heavy atom. The Bertz CT molecular complexity index is 864. The Labute approximate surface area is 167 Å². The number of ether oxygens (including phenoxy) is 1. The molecule has 0 unspecified atom stereocenters. The van der Waals surface area contributed by atoms with E-state index < -0.39 is 0 Å². The molecule has 5 nitrogen and oxygen atoms in total. The maximum atomic E-state index is 5.84. The first-order valence-corrected chi connectivity index (χ1v) is 9.72. The minimum absolute atomic E-state index is 0.560. The first kappa shape index (κ1) is 19.7. The molecule has 3 aromatic rings. The van der Waals surface area contributed by atoms with Crippen LogP contribution >= 0.6 is 0 Å². The molecular weight excluding hydrogens is 348 g/mol. The average Bonchev–Trinajstić information content (AvgIpc) is 2.67. The van der Waals surface area contributed by atoms with Gasteiger partial charge in [0.1, 0.15) is 29.8 Å². The quantitative estimate of drug-likeness (QED) is 0.511. The number of hydrogen-bond acceptors (Lipinski definition) is 5. The summed E-state index contributed by atoms with van der Waals surface area (Å²) in [6, 6.07) is 20.0. The SMILES string of the molecule is Cc1nc(NCCC(C)C)cc(Nc2ccc(OCc3ccccc3)cc2)n1. The van der Waals surface area contributed by atoms with Crippen molar-refractivity contribution in [1.82, 2.24) is 9.97 Å². The summed E-state index contributed by atoms with van der Waals surface area (Å²) in [5.41, 5.74) is 2.11. The van der Waals surface area contributed by atoms with E-state index in [0.29, 0.717) is 12.5 Å². The van der Waals surface area contributed by atoms with Gasteiger partial charge in [-0.3, -0.25) is 0 Å². The third-order valence-electron chi connectivity index (χ3n) is 4.24. The fourth-order valence-corrected chi connectivity index (χ4v) is 2.73. The highest BCUT2D eigenvalue weighted by Gasteiger charge is 2.04. The molecule has 0 saturated carbocycles. The Balaban J connectivity index is 1.58. The Morgan fingerprint density at radius 2 is 1.64 bits per heavy atom. The number of aryl methyl sites for hydroxylation is 1. The smallest absolute Gasteiger partial charge is 0.136 e. The molecule has 0 aliphatic heterocycles. The monoisotopic (exact) mass is 376 g/mol. The molecule has 1 aromatic heterocycles. The number of anilines is 3. The molecule has 3 rings (SSSR count). The highest BCUT2D eigenvalue weighted by Crippen LogP contribution is 2.21. The van der Waals surface area contributed by atoms with Crippen LogP contribution < -0.4 is 15.4 Å². The van der Waals surface area contributed by atoms with Crippen LogP contribution in [-0.2, 0) is 6.61 Å². The molecule has 0 aliphatic carbocycles. The van der Waals surface area contributed by atoms with Gasteiger partial charge in [0.2, 0.25) is 0 Å². The maximum Gasteiger partial charge on any atom is 0.136 e. The minimum atomic E-state index is 0.560. The van der Waals surface area contributed by atoms with E-state index in [-0.39, 0.29) is 0 Å². The van der Waals surface area contributed by atoms with E-state index in [1.165, 1.54) is 0 Å². The number of rotatable bonds is 9. The maximum absolute atomic E-state index is 5.84. The molecule has 28 heavy (non-hydrogen) atoms. The van der Waals surface area contributed by atoms with Gasteiger partial charge >= 0.3 is 0 Å². The van der Waals surface area contributed by atoms with Crippen LogP contribution in [0.2, 0.25) is 0 Å².